The highest BCUT2D eigenvalue weighted by atomic mass is 32.1. The molecule has 0 spiro atoms. The number of aromatic nitrogens is 3. The summed E-state index contributed by atoms with van der Waals surface area (Å²) in [6, 6.07) is 15.2. The molecule has 4 heterocycles. The highest BCUT2D eigenvalue weighted by molar-refractivity contribution is 7.80. The average molecular weight is 404 g/mol. The smallest absolute Gasteiger partial charge is 0.170 e. The summed E-state index contributed by atoms with van der Waals surface area (Å²) >= 11 is 5.86. The molecule has 6 heteroatoms. The summed E-state index contributed by atoms with van der Waals surface area (Å²) < 4.78 is 2.31. The summed E-state index contributed by atoms with van der Waals surface area (Å²) in [5, 5.41) is 4.44. The summed E-state index contributed by atoms with van der Waals surface area (Å²) in [6.45, 7) is 2.15. The molecule has 3 aromatic rings. The van der Waals surface area contributed by atoms with E-state index in [2.05, 4.69) is 55.9 Å². The minimum atomic E-state index is 0.0222. The number of hydrogen-bond acceptors (Lipinski definition) is 3. The Bertz CT molecular complexity index is 995. The van der Waals surface area contributed by atoms with Crippen LogP contribution in [0.4, 0.5) is 0 Å². The summed E-state index contributed by atoms with van der Waals surface area (Å²) in [5.74, 6) is 0. The molecule has 2 aliphatic rings. The van der Waals surface area contributed by atoms with E-state index in [1.807, 2.05) is 36.8 Å². The van der Waals surface area contributed by atoms with Gasteiger partial charge in [0.1, 0.15) is 0 Å². The summed E-state index contributed by atoms with van der Waals surface area (Å²) in [4.78, 5) is 11.5. The van der Waals surface area contributed by atoms with Crippen LogP contribution in [-0.2, 0) is 0 Å². The van der Waals surface area contributed by atoms with Crippen molar-refractivity contribution < 1.29 is 0 Å². The predicted molar refractivity (Wildman–Crippen MR) is 118 cm³/mol. The molecule has 5 rings (SSSR count). The van der Waals surface area contributed by atoms with E-state index in [4.69, 9.17) is 12.2 Å². The second-order valence-corrected chi connectivity index (χ2v) is 8.31. The summed E-state index contributed by atoms with van der Waals surface area (Å²) in [6.07, 6.45) is 10.5. The zero-order valence-electron chi connectivity index (χ0n) is 16.5. The number of nitrogens with one attached hydrogen (secondary N) is 1. The molecule has 2 atom stereocenters. The van der Waals surface area contributed by atoms with Crippen molar-refractivity contribution in [1.29, 1.82) is 0 Å². The standard InChI is InChI=1S/C23H25N5S/c1-16-11-12-20(27(16)18-9-6-13-24-15-18)22-21(19-10-4-5-14-25-19)26-23(29)28(22)17-7-2-3-8-17/h4-6,9-15,17,21-22H,2-3,7-8H2,1H3,(H,26,29). The summed E-state index contributed by atoms with van der Waals surface area (Å²) in [5.41, 5.74) is 4.52. The van der Waals surface area contributed by atoms with Crippen molar-refractivity contribution in [2.75, 3.05) is 0 Å². The van der Waals surface area contributed by atoms with E-state index in [1.54, 1.807) is 0 Å². The van der Waals surface area contributed by atoms with Crippen molar-refractivity contribution in [2.24, 2.45) is 0 Å². The Morgan fingerprint density at radius 1 is 1.03 bits per heavy atom. The van der Waals surface area contributed by atoms with Crippen molar-refractivity contribution >= 4 is 17.3 Å². The van der Waals surface area contributed by atoms with E-state index in [9.17, 15) is 0 Å². The van der Waals surface area contributed by atoms with E-state index < -0.39 is 0 Å². The third-order valence-corrected chi connectivity index (χ3v) is 6.50. The topological polar surface area (TPSA) is 46.0 Å². The van der Waals surface area contributed by atoms with Crippen LogP contribution in [-0.4, -0.2) is 30.6 Å². The number of nitrogens with zero attached hydrogens (tertiary/aromatic N) is 4. The van der Waals surface area contributed by atoms with E-state index in [0.29, 0.717) is 6.04 Å². The Hall–Kier alpha value is -2.73. The molecular formula is C23H25N5S. The Labute approximate surface area is 176 Å². The monoisotopic (exact) mass is 403 g/mol. The lowest BCUT2D eigenvalue weighted by atomic mass is 9.99. The molecule has 2 unspecified atom stereocenters. The lowest BCUT2D eigenvalue weighted by molar-refractivity contribution is 0.239. The molecule has 1 N–H and O–H groups in total. The van der Waals surface area contributed by atoms with Crippen LogP contribution in [0.5, 0.6) is 0 Å². The van der Waals surface area contributed by atoms with Crippen molar-refractivity contribution in [2.45, 2.75) is 50.7 Å². The van der Waals surface area contributed by atoms with Crippen molar-refractivity contribution in [1.82, 2.24) is 24.8 Å². The van der Waals surface area contributed by atoms with Crippen LogP contribution in [0.2, 0.25) is 0 Å². The largest absolute Gasteiger partial charge is 0.352 e. The second kappa shape index (κ2) is 7.59. The fourth-order valence-corrected chi connectivity index (χ4v) is 5.28. The van der Waals surface area contributed by atoms with Crippen LogP contribution < -0.4 is 5.32 Å². The lowest BCUT2D eigenvalue weighted by Gasteiger charge is -2.33. The zero-order valence-corrected chi connectivity index (χ0v) is 17.3. The molecular weight excluding hydrogens is 378 g/mol. The number of hydrogen-bond donors (Lipinski definition) is 1. The van der Waals surface area contributed by atoms with Crippen molar-refractivity contribution in [3.05, 3.63) is 78.1 Å². The van der Waals surface area contributed by atoms with Gasteiger partial charge in [0.15, 0.2) is 5.11 Å². The molecule has 2 fully saturated rings. The Morgan fingerprint density at radius 3 is 2.62 bits per heavy atom. The first kappa shape index (κ1) is 18.3. The van der Waals surface area contributed by atoms with Gasteiger partial charge in [-0.2, -0.15) is 0 Å². The minimum Gasteiger partial charge on any atom is -0.352 e. The summed E-state index contributed by atoms with van der Waals surface area (Å²) in [7, 11) is 0. The Balaban J connectivity index is 1.65. The molecule has 148 valence electrons. The maximum atomic E-state index is 5.86. The van der Waals surface area contributed by atoms with E-state index in [1.165, 1.54) is 37.1 Å². The van der Waals surface area contributed by atoms with E-state index >= 15 is 0 Å². The van der Waals surface area contributed by atoms with Crippen LogP contribution in [0.1, 0.15) is 54.8 Å². The first-order chi connectivity index (χ1) is 14.2. The number of rotatable bonds is 4. The SMILES string of the molecule is Cc1ccc(C2C(c3ccccn3)NC(=S)N2C2CCCC2)n1-c1cccnc1. The van der Waals surface area contributed by atoms with Gasteiger partial charge in [0.2, 0.25) is 0 Å². The third kappa shape index (κ3) is 3.21. The van der Waals surface area contributed by atoms with Crippen LogP contribution in [0, 0.1) is 6.92 Å². The maximum absolute atomic E-state index is 5.86. The molecule has 3 aromatic heterocycles. The molecule has 0 radical (unpaired) electrons. The number of thiocarbonyl (C=S) groups is 1. The van der Waals surface area contributed by atoms with Crippen LogP contribution >= 0.6 is 12.2 Å². The number of aryl methyl sites for hydroxylation is 1. The lowest BCUT2D eigenvalue weighted by Crippen LogP contribution is -2.38. The first-order valence-electron chi connectivity index (χ1n) is 10.3. The third-order valence-electron chi connectivity index (χ3n) is 6.17. The van der Waals surface area contributed by atoms with E-state index in [-0.39, 0.29) is 12.1 Å². The fourth-order valence-electron chi connectivity index (χ4n) is 4.89. The average Bonchev–Trinajstić information content (AvgIpc) is 3.48. The highest BCUT2D eigenvalue weighted by Gasteiger charge is 2.45. The number of pyridine rings is 2. The maximum Gasteiger partial charge on any atom is 0.170 e. The molecule has 0 bridgehead atoms. The minimum absolute atomic E-state index is 0.0222. The molecule has 29 heavy (non-hydrogen) atoms. The van der Waals surface area contributed by atoms with Gasteiger partial charge in [-0.25, -0.2) is 0 Å². The van der Waals surface area contributed by atoms with Gasteiger partial charge in [0.05, 0.1) is 29.7 Å². The van der Waals surface area contributed by atoms with Gasteiger partial charge in [0.25, 0.3) is 0 Å². The van der Waals surface area contributed by atoms with Crippen molar-refractivity contribution in [3.8, 4) is 5.69 Å². The van der Waals surface area contributed by atoms with Crippen LogP contribution in [0.15, 0.2) is 61.1 Å². The quantitative estimate of drug-likeness (QED) is 0.650. The van der Waals surface area contributed by atoms with Gasteiger partial charge in [0, 0.05) is 29.8 Å². The van der Waals surface area contributed by atoms with Gasteiger partial charge in [-0.15, -0.1) is 0 Å². The molecule has 1 aliphatic heterocycles. The van der Waals surface area contributed by atoms with Gasteiger partial charge in [-0.3, -0.25) is 9.97 Å². The second-order valence-electron chi connectivity index (χ2n) is 7.92. The van der Waals surface area contributed by atoms with Gasteiger partial charge in [-0.05, 0) is 68.4 Å². The molecule has 5 nitrogen and oxygen atoms in total. The fraction of sp³-hybridized carbons (Fsp3) is 0.348. The predicted octanol–water partition coefficient (Wildman–Crippen LogP) is 4.49. The molecule has 0 amide bonds. The Kier molecular flexibility index (Phi) is 4.79. The van der Waals surface area contributed by atoms with Crippen molar-refractivity contribution in [3.63, 3.8) is 0 Å². The molecule has 1 aliphatic carbocycles. The van der Waals surface area contributed by atoms with Crippen LogP contribution in [0.3, 0.4) is 0 Å². The van der Waals surface area contributed by atoms with Gasteiger partial charge in [-0.1, -0.05) is 18.9 Å². The van der Waals surface area contributed by atoms with E-state index in [0.717, 1.165) is 16.5 Å². The Morgan fingerprint density at radius 2 is 1.90 bits per heavy atom. The first-order valence-corrected chi connectivity index (χ1v) is 10.7. The zero-order chi connectivity index (χ0) is 19.8. The molecule has 1 saturated carbocycles. The van der Waals surface area contributed by atoms with Crippen LogP contribution in [0.25, 0.3) is 5.69 Å². The highest BCUT2D eigenvalue weighted by Crippen LogP contribution is 2.43. The molecule has 1 saturated heterocycles. The normalized spacial score (nSPS) is 22.2. The van der Waals surface area contributed by atoms with Gasteiger partial charge >= 0.3 is 0 Å². The molecule has 0 aromatic carbocycles. The van der Waals surface area contributed by atoms with Gasteiger partial charge < -0.3 is 14.8 Å².